The third kappa shape index (κ3) is 9.18. The number of aliphatic hydroxyl groups is 2. The number of phosphoric acid groups is 4. The van der Waals surface area contributed by atoms with E-state index in [9.17, 15) is 57.9 Å². The highest BCUT2D eigenvalue weighted by molar-refractivity contribution is 7.66. The third-order valence-corrected chi connectivity index (χ3v) is 13.6. The quantitative estimate of drug-likeness (QED) is 0.0403. The summed E-state index contributed by atoms with van der Waals surface area (Å²) in [5, 5.41) is 32.2. The van der Waals surface area contributed by atoms with Crippen LogP contribution in [0.2, 0.25) is 0 Å². The number of phosphoric ester groups is 3. The lowest BCUT2D eigenvalue weighted by Crippen LogP contribution is -2.36. The zero-order chi connectivity index (χ0) is 42.7. The van der Waals surface area contributed by atoms with Crippen LogP contribution in [0.15, 0.2) is 17.4 Å². The number of aliphatic hydroxyl groups excluding tert-OH is 2. The lowest BCUT2D eigenvalue weighted by molar-refractivity contribution is -0.646. The number of aromatic hydroxyl groups is 1. The predicted molar refractivity (Wildman–Crippen MR) is 183 cm³/mol. The molecule has 0 bridgehead atoms. The van der Waals surface area contributed by atoms with Gasteiger partial charge in [0.2, 0.25) is 24.5 Å². The van der Waals surface area contributed by atoms with E-state index in [-0.39, 0.29) is 34.2 Å². The Labute approximate surface area is 322 Å². The van der Waals surface area contributed by atoms with Crippen molar-refractivity contribution in [2.24, 2.45) is 7.05 Å². The number of anilines is 2. The Morgan fingerprint density at radius 3 is 2.00 bits per heavy atom. The molecule has 12 atom stereocenters. The zero-order valence-corrected chi connectivity index (χ0v) is 33.2. The fourth-order valence-electron chi connectivity index (χ4n) is 6.00. The number of imidazole rings is 2. The van der Waals surface area contributed by atoms with Crippen molar-refractivity contribution < 1.29 is 98.6 Å². The number of nitrogens with zero attached hydrogens (tertiary/aromatic N) is 7. The second-order valence-electron chi connectivity index (χ2n) is 12.2. The lowest BCUT2D eigenvalue weighted by atomic mass is 10.1. The van der Waals surface area contributed by atoms with E-state index in [0.29, 0.717) is 0 Å². The summed E-state index contributed by atoms with van der Waals surface area (Å²) in [5.74, 6) is -1.19. The van der Waals surface area contributed by atoms with Crippen molar-refractivity contribution in [3.8, 4) is 5.88 Å². The molecule has 12 N–H and O–H groups in total. The molecule has 0 aliphatic carbocycles. The summed E-state index contributed by atoms with van der Waals surface area (Å²) < 4.78 is 97.7. The topological polar surface area (TPSA) is 443 Å². The normalized spacial score (nSPS) is 29.3. The number of fused-ring (bicyclic) bond motifs is 2. The standard InChI is InChI=1S/C23H34N10O21P4/c1-31-7-33(17-11(31)19(37)30-23(25)28-17)21-12(34)14(46-2)8(50-21)4-48-56(40,41)53-58(44,45)54-57(42,43)49-5-9-15(52-55(38,39)47-3)13(35)20(51-9)32-6-26-10-16(32)27-22(24)29-18(10)36/h6-9,12-15,20-21,34-35H,4-5H2,1-3H3,(H9-,24,25,27,28,29,30,36,37,38,39,40,41,42,43,44,45)/p+1/t8-,9?,12?,13?,14?,15?,20?,21-/m1/s1. The van der Waals surface area contributed by atoms with Crippen molar-refractivity contribution >= 4 is 65.5 Å². The SMILES string of the molecule is COC1C(O)[C@H](n2c[n+](C)c3c(O)nc(N)nc32)O[C@@H]1COP(=O)(O)OP(=O)(O)OP(=O)(O)OCC1OC(n2cnc3c(=O)[nH]c(N)nc32)C(O)C1OP(=O)(O)OC. The summed E-state index contributed by atoms with van der Waals surface area (Å²) in [4.78, 5) is 70.5. The van der Waals surface area contributed by atoms with Gasteiger partial charge in [0, 0.05) is 14.2 Å². The third-order valence-electron chi connectivity index (χ3n) is 8.35. The minimum Gasteiger partial charge on any atom is -0.490 e. The van der Waals surface area contributed by atoms with Crippen LogP contribution in [0.1, 0.15) is 12.5 Å². The Bertz CT molecular complexity index is 2450. The van der Waals surface area contributed by atoms with Gasteiger partial charge in [-0.25, -0.2) is 27.8 Å². The molecule has 0 radical (unpaired) electrons. The second kappa shape index (κ2) is 16.2. The van der Waals surface area contributed by atoms with Crippen LogP contribution in [0.4, 0.5) is 11.9 Å². The van der Waals surface area contributed by atoms with Crippen LogP contribution in [-0.4, -0.2) is 133 Å². The molecule has 0 aromatic carbocycles. The van der Waals surface area contributed by atoms with E-state index in [2.05, 4.69) is 42.6 Å². The summed E-state index contributed by atoms with van der Waals surface area (Å²) in [6.07, 6.45) is -10.6. The summed E-state index contributed by atoms with van der Waals surface area (Å²) in [6.45, 7) is -2.22. The largest absolute Gasteiger partial charge is 0.490 e. The van der Waals surface area contributed by atoms with Crippen LogP contribution < -0.4 is 21.6 Å². The molecule has 322 valence electrons. The lowest BCUT2D eigenvalue weighted by Gasteiger charge is -2.23. The van der Waals surface area contributed by atoms with Crippen molar-refractivity contribution in [3.63, 3.8) is 0 Å². The summed E-state index contributed by atoms with van der Waals surface area (Å²) >= 11 is 0. The molecule has 0 spiro atoms. The minimum absolute atomic E-state index is 0.00703. The van der Waals surface area contributed by atoms with Gasteiger partial charge in [-0.1, -0.05) is 0 Å². The van der Waals surface area contributed by atoms with Gasteiger partial charge in [0.05, 0.1) is 26.6 Å². The molecule has 2 aliphatic rings. The van der Waals surface area contributed by atoms with E-state index in [1.165, 1.54) is 22.5 Å². The molecule has 10 unspecified atom stereocenters. The number of rotatable bonds is 16. The van der Waals surface area contributed by atoms with Crippen molar-refractivity contribution in [1.82, 2.24) is 34.1 Å². The van der Waals surface area contributed by atoms with E-state index in [4.69, 9.17) is 34.7 Å². The number of methoxy groups -OCH3 is 1. The van der Waals surface area contributed by atoms with Crippen LogP contribution in [0.3, 0.4) is 0 Å². The van der Waals surface area contributed by atoms with E-state index in [1.807, 2.05) is 0 Å². The first-order valence-corrected chi connectivity index (χ1v) is 21.9. The number of hydrogen-bond acceptors (Lipinski definition) is 23. The highest BCUT2D eigenvalue weighted by Crippen LogP contribution is 2.68. The number of H-pyrrole nitrogens is 1. The second-order valence-corrected chi connectivity index (χ2v) is 18.3. The van der Waals surface area contributed by atoms with Crippen molar-refractivity contribution in [3.05, 3.63) is 23.0 Å². The Morgan fingerprint density at radius 2 is 1.41 bits per heavy atom. The van der Waals surface area contributed by atoms with E-state index < -0.39 is 105 Å². The average Bonchev–Trinajstić information content (AvgIpc) is 3.84. The molecule has 35 heteroatoms. The van der Waals surface area contributed by atoms with Crippen molar-refractivity contribution in [2.75, 3.05) is 38.9 Å². The summed E-state index contributed by atoms with van der Waals surface area (Å²) in [5.41, 5.74) is 10.0. The molecule has 4 aromatic rings. The van der Waals surface area contributed by atoms with Crippen molar-refractivity contribution in [2.45, 2.75) is 49.1 Å². The van der Waals surface area contributed by atoms with Crippen LogP contribution in [0.5, 0.6) is 5.88 Å². The van der Waals surface area contributed by atoms with Gasteiger partial charge in [0.1, 0.15) is 36.6 Å². The number of ether oxygens (including phenoxy) is 3. The maximum absolute atomic E-state index is 12.8. The predicted octanol–water partition coefficient (Wildman–Crippen LogP) is -2.71. The van der Waals surface area contributed by atoms with E-state index >= 15 is 0 Å². The first-order chi connectivity index (χ1) is 26.9. The number of aromatic amines is 1. The number of aromatic nitrogens is 8. The molecule has 0 amide bonds. The Kier molecular flexibility index (Phi) is 12.4. The van der Waals surface area contributed by atoms with Crippen LogP contribution in [0.25, 0.3) is 22.3 Å². The molecular weight excluding hydrogens is 876 g/mol. The van der Waals surface area contributed by atoms with Gasteiger partial charge in [-0.3, -0.25) is 32.4 Å². The molecule has 2 saturated heterocycles. The molecule has 2 aliphatic heterocycles. The first kappa shape index (κ1) is 44.2. The number of nitrogens with one attached hydrogen (secondary N) is 1. The smallest absolute Gasteiger partial charge is 0.490 e. The van der Waals surface area contributed by atoms with Crippen LogP contribution in [0, 0.1) is 0 Å². The van der Waals surface area contributed by atoms with Crippen LogP contribution in [-0.2, 0) is 66.2 Å². The van der Waals surface area contributed by atoms with Crippen molar-refractivity contribution in [1.29, 1.82) is 0 Å². The van der Waals surface area contributed by atoms with Gasteiger partial charge < -0.3 is 60.6 Å². The monoisotopic (exact) mass is 911 g/mol. The summed E-state index contributed by atoms with van der Waals surface area (Å²) in [7, 11) is -19.2. The Hall–Kier alpha value is -3.38. The summed E-state index contributed by atoms with van der Waals surface area (Å²) in [6, 6.07) is 0. The molecular formula is C23H35N10O21P4+. The molecule has 58 heavy (non-hydrogen) atoms. The molecule has 31 nitrogen and oxygen atoms in total. The zero-order valence-electron chi connectivity index (χ0n) is 29.6. The van der Waals surface area contributed by atoms with Gasteiger partial charge >= 0.3 is 31.3 Å². The van der Waals surface area contributed by atoms with E-state index in [0.717, 1.165) is 25.1 Å². The minimum atomic E-state index is -6.09. The molecule has 6 rings (SSSR count). The fourth-order valence-corrected chi connectivity index (χ4v) is 10.2. The molecule has 2 fully saturated rings. The van der Waals surface area contributed by atoms with E-state index in [1.54, 1.807) is 0 Å². The highest BCUT2D eigenvalue weighted by Gasteiger charge is 2.52. The highest BCUT2D eigenvalue weighted by atomic mass is 31.3. The first-order valence-electron chi connectivity index (χ1n) is 15.9. The number of hydrogen-bond donors (Lipinski definition) is 10. The molecule has 4 aromatic heterocycles. The van der Waals surface area contributed by atoms with Gasteiger partial charge in [-0.2, -0.15) is 28.1 Å². The Morgan fingerprint density at radius 1 is 0.845 bits per heavy atom. The maximum atomic E-state index is 12.8. The van der Waals surface area contributed by atoms with Gasteiger partial charge in [0.25, 0.3) is 22.6 Å². The average molecular weight is 911 g/mol. The number of aryl methyl sites for hydroxylation is 1. The molecule has 0 saturated carbocycles. The fraction of sp³-hybridized carbons (Fsp3) is 0.565. The van der Waals surface area contributed by atoms with Gasteiger partial charge in [-0.15, -0.1) is 0 Å². The van der Waals surface area contributed by atoms with Crippen LogP contribution >= 0.6 is 31.3 Å². The Balaban J connectivity index is 1.10. The number of nitrogens with two attached hydrogens (primary N) is 2. The molecule has 6 heterocycles. The van der Waals surface area contributed by atoms with Gasteiger partial charge in [0.15, 0.2) is 17.4 Å². The maximum Gasteiger partial charge on any atom is 0.490 e. The number of nitrogen functional groups attached to an aromatic ring is 2. The van der Waals surface area contributed by atoms with Gasteiger partial charge in [-0.05, 0) is 0 Å².